The lowest BCUT2D eigenvalue weighted by Gasteiger charge is -2.32. The summed E-state index contributed by atoms with van der Waals surface area (Å²) in [6, 6.07) is 25.0. The first-order valence-corrected chi connectivity index (χ1v) is 15.7. The molecule has 214 valence electrons. The fourth-order valence-corrected chi connectivity index (χ4v) is 5.46. The Bertz CT molecular complexity index is 1330. The summed E-state index contributed by atoms with van der Waals surface area (Å²) in [5.41, 5.74) is 2.34. The lowest BCUT2D eigenvalue weighted by Crippen LogP contribution is -2.51. The van der Waals surface area contributed by atoms with Gasteiger partial charge in [-0.05, 0) is 47.7 Å². The molecule has 0 radical (unpaired) electrons. The Balaban J connectivity index is 1.85. The molecule has 3 aromatic carbocycles. The molecule has 0 aliphatic rings. The van der Waals surface area contributed by atoms with Crippen molar-refractivity contribution >= 4 is 39.1 Å². The molecule has 0 bridgehead atoms. The average Bonchev–Trinajstić information content (AvgIpc) is 2.92. The Hall–Kier alpha value is -3.36. The number of amides is 2. The molecule has 1 atom stereocenters. The van der Waals surface area contributed by atoms with Crippen molar-refractivity contribution in [1.29, 1.82) is 0 Å². The van der Waals surface area contributed by atoms with Crippen LogP contribution in [0.2, 0.25) is 5.02 Å². The van der Waals surface area contributed by atoms with E-state index < -0.39 is 16.1 Å². The van der Waals surface area contributed by atoms with Crippen LogP contribution in [0.5, 0.6) is 0 Å². The Labute approximate surface area is 243 Å². The molecule has 2 amide bonds. The summed E-state index contributed by atoms with van der Waals surface area (Å²) in [6.45, 7) is 4.93. The Morgan fingerprint density at radius 1 is 0.875 bits per heavy atom. The standard InChI is InChI=1S/C31H38ClN3O4S/c1-24(2)22-33-31(37)29(21-25-11-6-4-7-12-25)34(23-26-13-8-5-9-14-26)30(36)15-10-20-35(40(3,38)39)28-18-16-27(32)17-19-28/h4-9,11-14,16-19,24,29H,10,15,20-23H2,1-3H3,(H,33,37). The van der Waals surface area contributed by atoms with Crippen LogP contribution >= 0.6 is 11.6 Å². The van der Waals surface area contributed by atoms with Crippen LogP contribution in [0.3, 0.4) is 0 Å². The molecule has 0 aromatic heterocycles. The van der Waals surface area contributed by atoms with Gasteiger partial charge in [0.05, 0.1) is 11.9 Å². The number of nitrogens with zero attached hydrogens (tertiary/aromatic N) is 2. The first kappa shape index (κ1) is 31.2. The molecule has 3 rings (SSSR count). The topological polar surface area (TPSA) is 86.8 Å². The van der Waals surface area contributed by atoms with Crippen molar-refractivity contribution in [3.63, 3.8) is 0 Å². The molecule has 9 heteroatoms. The fraction of sp³-hybridized carbons (Fsp3) is 0.355. The van der Waals surface area contributed by atoms with Crippen LogP contribution < -0.4 is 9.62 Å². The maximum Gasteiger partial charge on any atom is 0.243 e. The summed E-state index contributed by atoms with van der Waals surface area (Å²) in [7, 11) is -3.58. The number of carbonyl (C=O) groups is 2. The first-order valence-electron chi connectivity index (χ1n) is 13.4. The van der Waals surface area contributed by atoms with Crippen LogP contribution in [0.4, 0.5) is 5.69 Å². The van der Waals surface area contributed by atoms with Gasteiger partial charge >= 0.3 is 0 Å². The third-order valence-corrected chi connectivity index (χ3v) is 7.86. The predicted molar refractivity (Wildman–Crippen MR) is 162 cm³/mol. The van der Waals surface area contributed by atoms with Gasteiger partial charge in [0.15, 0.2) is 0 Å². The Morgan fingerprint density at radius 2 is 1.45 bits per heavy atom. The summed E-state index contributed by atoms with van der Waals surface area (Å²) < 4.78 is 26.4. The van der Waals surface area contributed by atoms with E-state index in [-0.39, 0.29) is 43.7 Å². The van der Waals surface area contributed by atoms with Crippen LogP contribution in [0, 0.1) is 5.92 Å². The van der Waals surface area contributed by atoms with E-state index in [1.54, 1.807) is 29.2 Å². The SMILES string of the molecule is CC(C)CNC(=O)C(Cc1ccccc1)N(Cc1ccccc1)C(=O)CCCN(c1ccc(Cl)cc1)S(C)(=O)=O. The van der Waals surface area contributed by atoms with Crippen LogP contribution in [-0.2, 0) is 32.6 Å². The Morgan fingerprint density at radius 3 is 2.00 bits per heavy atom. The Kier molecular flexibility index (Phi) is 11.6. The zero-order valence-corrected chi connectivity index (χ0v) is 24.9. The second kappa shape index (κ2) is 14.9. The van der Waals surface area contributed by atoms with Crippen molar-refractivity contribution in [2.24, 2.45) is 5.92 Å². The van der Waals surface area contributed by atoms with Gasteiger partial charge in [-0.2, -0.15) is 0 Å². The van der Waals surface area contributed by atoms with Gasteiger partial charge in [-0.15, -0.1) is 0 Å². The maximum atomic E-state index is 13.8. The molecule has 0 heterocycles. The van der Waals surface area contributed by atoms with E-state index in [4.69, 9.17) is 11.6 Å². The van der Waals surface area contributed by atoms with Crippen molar-refractivity contribution in [1.82, 2.24) is 10.2 Å². The number of hydrogen-bond donors (Lipinski definition) is 1. The highest BCUT2D eigenvalue weighted by molar-refractivity contribution is 7.92. The van der Waals surface area contributed by atoms with Gasteiger partial charge in [-0.25, -0.2) is 8.42 Å². The van der Waals surface area contributed by atoms with E-state index in [1.807, 2.05) is 74.5 Å². The summed E-state index contributed by atoms with van der Waals surface area (Å²) >= 11 is 5.98. The van der Waals surface area contributed by atoms with Gasteiger partial charge in [0, 0.05) is 37.5 Å². The largest absolute Gasteiger partial charge is 0.354 e. The van der Waals surface area contributed by atoms with Crippen molar-refractivity contribution < 1.29 is 18.0 Å². The summed E-state index contributed by atoms with van der Waals surface area (Å²) in [6.07, 6.45) is 1.87. The van der Waals surface area contributed by atoms with Crippen molar-refractivity contribution in [3.8, 4) is 0 Å². The molecule has 0 fully saturated rings. The van der Waals surface area contributed by atoms with Crippen LogP contribution in [-0.4, -0.2) is 50.5 Å². The molecule has 40 heavy (non-hydrogen) atoms. The van der Waals surface area contributed by atoms with Gasteiger partial charge in [0.2, 0.25) is 21.8 Å². The second-order valence-corrected chi connectivity index (χ2v) is 12.6. The monoisotopic (exact) mass is 583 g/mol. The van der Waals surface area contributed by atoms with Gasteiger partial charge < -0.3 is 10.2 Å². The molecule has 7 nitrogen and oxygen atoms in total. The normalized spacial score (nSPS) is 12.1. The quantitative estimate of drug-likeness (QED) is 0.279. The molecule has 0 spiro atoms. The lowest BCUT2D eigenvalue weighted by atomic mass is 10.0. The van der Waals surface area contributed by atoms with Crippen molar-refractivity contribution in [3.05, 3.63) is 101 Å². The van der Waals surface area contributed by atoms with Gasteiger partial charge in [0.25, 0.3) is 0 Å². The van der Waals surface area contributed by atoms with Crippen LogP contribution in [0.15, 0.2) is 84.9 Å². The predicted octanol–water partition coefficient (Wildman–Crippen LogP) is 5.30. The summed E-state index contributed by atoms with van der Waals surface area (Å²) in [5, 5.41) is 3.52. The second-order valence-electron chi connectivity index (χ2n) is 10.3. The van der Waals surface area contributed by atoms with Gasteiger partial charge in [-0.3, -0.25) is 13.9 Å². The number of sulfonamides is 1. The third-order valence-electron chi connectivity index (χ3n) is 6.42. The number of nitrogens with one attached hydrogen (secondary N) is 1. The number of carbonyl (C=O) groups excluding carboxylic acids is 2. The summed E-state index contributed by atoms with van der Waals surface area (Å²) in [5.74, 6) is -0.163. The molecule has 1 N–H and O–H groups in total. The van der Waals surface area contributed by atoms with Crippen LogP contribution in [0.1, 0.15) is 37.8 Å². The van der Waals surface area contributed by atoms with Gasteiger partial charge in [-0.1, -0.05) is 86.1 Å². The highest BCUT2D eigenvalue weighted by atomic mass is 35.5. The molecule has 0 aliphatic heterocycles. The van der Waals surface area contributed by atoms with E-state index in [0.717, 1.165) is 17.4 Å². The minimum atomic E-state index is -3.58. The number of rotatable bonds is 14. The minimum Gasteiger partial charge on any atom is -0.354 e. The lowest BCUT2D eigenvalue weighted by molar-refractivity contribution is -0.141. The third kappa shape index (κ3) is 9.68. The zero-order valence-electron chi connectivity index (χ0n) is 23.3. The molecule has 0 aliphatic carbocycles. The molecular weight excluding hydrogens is 546 g/mol. The maximum absolute atomic E-state index is 13.8. The van der Waals surface area contributed by atoms with Crippen LogP contribution in [0.25, 0.3) is 0 Å². The smallest absolute Gasteiger partial charge is 0.243 e. The highest BCUT2D eigenvalue weighted by Crippen LogP contribution is 2.22. The molecule has 0 saturated carbocycles. The van der Waals surface area contributed by atoms with Gasteiger partial charge in [0.1, 0.15) is 6.04 Å². The van der Waals surface area contributed by atoms with E-state index >= 15 is 0 Å². The van der Waals surface area contributed by atoms with E-state index in [1.165, 1.54) is 4.31 Å². The number of halogens is 1. The molecule has 0 saturated heterocycles. The molecular formula is C31H38ClN3O4S. The molecule has 3 aromatic rings. The highest BCUT2D eigenvalue weighted by Gasteiger charge is 2.30. The van der Waals surface area contributed by atoms with Crippen molar-refractivity contribution in [2.75, 3.05) is 23.7 Å². The van der Waals surface area contributed by atoms with E-state index in [0.29, 0.717) is 23.7 Å². The van der Waals surface area contributed by atoms with E-state index in [9.17, 15) is 18.0 Å². The zero-order chi connectivity index (χ0) is 29.1. The number of anilines is 1. The minimum absolute atomic E-state index is 0.0786. The average molecular weight is 584 g/mol. The van der Waals surface area contributed by atoms with E-state index in [2.05, 4.69) is 5.32 Å². The first-order chi connectivity index (χ1) is 19.0. The fourth-order valence-electron chi connectivity index (χ4n) is 4.37. The number of hydrogen-bond acceptors (Lipinski definition) is 4. The summed E-state index contributed by atoms with van der Waals surface area (Å²) in [4.78, 5) is 28.9. The number of benzene rings is 3. The molecule has 1 unspecified atom stereocenters. The van der Waals surface area contributed by atoms with Crippen molar-refractivity contribution in [2.45, 2.75) is 45.7 Å².